The predicted octanol–water partition coefficient (Wildman–Crippen LogP) is 6.81. The van der Waals surface area contributed by atoms with E-state index < -0.39 is 0 Å². The van der Waals surface area contributed by atoms with Crippen LogP contribution in [0.15, 0.2) is 95.4 Å². The van der Waals surface area contributed by atoms with Crippen LogP contribution < -0.4 is 0 Å². The lowest BCUT2D eigenvalue weighted by atomic mass is 9.78. The molecule has 0 fully saturated rings. The summed E-state index contributed by atoms with van der Waals surface area (Å²) in [5.74, 6) is 0.682. The predicted molar refractivity (Wildman–Crippen MR) is 109 cm³/mol. The Balaban J connectivity index is 1.50. The molecule has 27 heavy (non-hydrogen) atoms. The van der Waals surface area contributed by atoms with Crippen molar-refractivity contribution in [2.24, 2.45) is 0 Å². The van der Waals surface area contributed by atoms with E-state index in [1.807, 2.05) is 24.3 Å². The lowest BCUT2D eigenvalue weighted by Crippen LogP contribution is -2.00. The Morgan fingerprint density at radius 2 is 1.30 bits per heavy atom. The Bertz CT molecular complexity index is 1320. The average molecular weight is 345 g/mol. The van der Waals surface area contributed by atoms with Crippen molar-refractivity contribution in [3.05, 3.63) is 91.0 Å². The molecule has 2 nitrogen and oxygen atoms in total. The van der Waals surface area contributed by atoms with Crippen molar-refractivity contribution < 1.29 is 4.42 Å². The van der Waals surface area contributed by atoms with Gasteiger partial charge in [-0.3, -0.25) is 0 Å². The van der Waals surface area contributed by atoms with Gasteiger partial charge in [-0.1, -0.05) is 72.8 Å². The smallest absolute Gasteiger partial charge is 0.227 e. The van der Waals surface area contributed by atoms with E-state index in [9.17, 15) is 0 Å². The molecule has 0 saturated carbocycles. The molecule has 0 unspecified atom stereocenters. The van der Waals surface area contributed by atoms with Crippen LogP contribution in [0.25, 0.3) is 55.9 Å². The summed E-state index contributed by atoms with van der Waals surface area (Å²) in [7, 11) is 0. The van der Waals surface area contributed by atoms with Crippen molar-refractivity contribution in [3.8, 4) is 44.8 Å². The summed E-state index contributed by atoms with van der Waals surface area (Å²) < 4.78 is 6.19. The SMILES string of the molecule is c1ccc(-c2ccc3nc(-c4cccc5c4-c4ccccc4-5)oc3c2)cc1. The normalized spacial score (nSPS) is 11.7. The second-order valence-electron chi connectivity index (χ2n) is 6.84. The maximum Gasteiger partial charge on any atom is 0.227 e. The van der Waals surface area contributed by atoms with Crippen LogP contribution in [0.4, 0.5) is 0 Å². The maximum absolute atomic E-state index is 6.19. The van der Waals surface area contributed by atoms with Crippen LogP contribution in [0.5, 0.6) is 0 Å². The number of nitrogens with zero attached hydrogens (tertiary/aromatic N) is 1. The highest BCUT2D eigenvalue weighted by molar-refractivity contribution is 6.08. The van der Waals surface area contributed by atoms with Gasteiger partial charge in [0.15, 0.2) is 5.58 Å². The van der Waals surface area contributed by atoms with Crippen molar-refractivity contribution in [2.75, 3.05) is 0 Å². The number of rotatable bonds is 2. The fourth-order valence-corrected chi connectivity index (χ4v) is 3.97. The third-order valence-corrected chi connectivity index (χ3v) is 5.28. The van der Waals surface area contributed by atoms with Crippen molar-refractivity contribution in [1.82, 2.24) is 4.98 Å². The number of hydrogen-bond acceptors (Lipinski definition) is 2. The number of aromatic nitrogens is 1. The van der Waals surface area contributed by atoms with E-state index in [1.165, 1.54) is 27.8 Å². The Labute approximate surface area is 156 Å². The standard InChI is InChI=1S/C25H15NO/c1-2-7-16(8-3-1)17-13-14-22-23(15-17)27-25(26-22)21-12-6-11-20-18-9-4-5-10-19(18)24(20)21/h1-15H. The van der Waals surface area contributed by atoms with Gasteiger partial charge in [0.25, 0.3) is 0 Å². The van der Waals surface area contributed by atoms with E-state index in [4.69, 9.17) is 9.40 Å². The van der Waals surface area contributed by atoms with E-state index in [-0.39, 0.29) is 0 Å². The van der Waals surface area contributed by atoms with Crippen LogP contribution in [0.1, 0.15) is 0 Å². The third kappa shape index (κ3) is 2.10. The van der Waals surface area contributed by atoms with Crippen LogP contribution in [0.2, 0.25) is 0 Å². The molecule has 1 aliphatic carbocycles. The first-order valence-electron chi connectivity index (χ1n) is 9.08. The summed E-state index contributed by atoms with van der Waals surface area (Å²) in [6, 6.07) is 31.4. The molecule has 0 radical (unpaired) electrons. The van der Waals surface area contributed by atoms with Crippen molar-refractivity contribution in [3.63, 3.8) is 0 Å². The summed E-state index contributed by atoms with van der Waals surface area (Å²) in [5, 5.41) is 0. The molecule has 0 N–H and O–H groups in total. The monoisotopic (exact) mass is 345 g/mol. The minimum absolute atomic E-state index is 0.682. The Hall–Kier alpha value is -3.65. The zero-order chi connectivity index (χ0) is 17.8. The van der Waals surface area contributed by atoms with E-state index in [0.717, 1.165) is 22.2 Å². The fraction of sp³-hybridized carbons (Fsp3) is 0. The lowest BCUT2D eigenvalue weighted by molar-refractivity contribution is 0.620. The molecular weight excluding hydrogens is 330 g/mol. The fourth-order valence-electron chi connectivity index (χ4n) is 3.97. The highest BCUT2D eigenvalue weighted by Crippen LogP contribution is 2.51. The molecule has 1 aromatic heterocycles. The van der Waals surface area contributed by atoms with Gasteiger partial charge in [-0.05, 0) is 46.0 Å². The number of fused-ring (bicyclic) bond motifs is 5. The van der Waals surface area contributed by atoms with Crippen LogP contribution in [-0.4, -0.2) is 4.98 Å². The first kappa shape index (κ1) is 14.5. The number of oxazole rings is 1. The summed E-state index contributed by atoms with van der Waals surface area (Å²) in [6.07, 6.45) is 0. The maximum atomic E-state index is 6.19. The van der Waals surface area contributed by atoms with E-state index in [1.54, 1.807) is 0 Å². The highest BCUT2D eigenvalue weighted by Gasteiger charge is 2.26. The molecule has 1 heterocycles. The minimum atomic E-state index is 0.682. The van der Waals surface area contributed by atoms with Crippen LogP contribution in [0.3, 0.4) is 0 Å². The first-order chi connectivity index (χ1) is 13.4. The summed E-state index contributed by atoms with van der Waals surface area (Å²) in [6.45, 7) is 0. The molecule has 126 valence electrons. The number of benzene rings is 4. The van der Waals surface area contributed by atoms with Crippen molar-refractivity contribution >= 4 is 11.1 Å². The molecule has 1 aliphatic rings. The number of hydrogen-bond donors (Lipinski definition) is 0. The molecule has 0 amide bonds. The Kier molecular flexibility index (Phi) is 2.91. The Morgan fingerprint density at radius 3 is 2.19 bits per heavy atom. The molecule has 0 bridgehead atoms. The summed E-state index contributed by atoms with van der Waals surface area (Å²) in [4.78, 5) is 4.76. The zero-order valence-electron chi connectivity index (χ0n) is 14.5. The second kappa shape index (κ2) is 5.42. The molecule has 0 spiro atoms. The van der Waals surface area contributed by atoms with Crippen molar-refractivity contribution in [2.45, 2.75) is 0 Å². The van der Waals surface area contributed by atoms with E-state index in [2.05, 4.69) is 66.7 Å². The van der Waals surface area contributed by atoms with Gasteiger partial charge < -0.3 is 4.42 Å². The molecule has 5 aromatic rings. The lowest BCUT2D eigenvalue weighted by Gasteiger charge is -2.25. The van der Waals surface area contributed by atoms with Gasteiger partial charge in [-0.2, -0.15) is 0 Å². The van der Waals surface area contributed by atoms with Gasteiger partial charge >= 0.3 is 0 Å². The average Bonchev–Trinajstić information content (AvgIpc) is 3.15. The summed E-state index contributed by atoms with van der Waals surface area (Å²) in [5.41, 5.74) is 10.2. The minimum Gasteiger partial charge on any atom is -0.436 e. The quantitative estimate of drug-likeness (QED) is 0.344. The van der Waals surface area contributed by atoms with Gasteiger partial charge in [0.1, 0.15) is 5.52 Å². The van der Waals surface area contributed by atoms with E-state index >= 15 is 0 Å². The second-order valence-corrected chi connectivity index (χ2v) is 6.84. The molecule has 2 heteroatoms. The molecule has 0 saturated heterocycles. The zero-order valence-corrected chi connectivity index (χ0v) is 14.5. The molecule has 0 aliphatic heterocycles. The highest BCUT2D eigenvalue weighted by atomic mass is 16.3. The Morgan fingerprint density at radius 1 is 0.556 bits per heavy atom. The van der Waals surface area contributed by atoms with Gasteiger partial charge in [0.05, 0.1) is 0 Å². The van der Waals surface area contributed by atoms with Crippen LogP contribution >= 0.6 is 0 Å². The van der Waals surface area contributed by atoms with Crippen LogP contribution in [0, 0.1) is 0 Å². The molecule has 0 atom stereocenters. The summed E-state index contributed by atoms with van der Waals surface area (Å²) >= 11 is 0. The van der Waals surface area contributed by atoms with Crippen molar-refractivity contribution in [1.29, 1.82) is 0 Å². The largest absolute Gasteiger partial charge is 0.436 e. The van der Waals surface area contributed by atoms with Gasteiger partial charge in [-0.25, -0.2) is 4.98 Å². The molecular formula is C25H15NO. The molecule has 4 aromatic carbocycles. The van der Waals surface area contributed by atoms with Gasteiger partial charge in [0, 0.05) is 11.1 Å². The van der Waals surface area contributed by atoms with E-state index in [0.29, 0.717) is 5.89 Å². The third-order valence-electron chi connectivity index (χ3n) is 5.28. The first-order valence-corrected chi connectivity index (χ1v) is 9.08. The van der Waals surface area contributed by atoms with Crippen LogP contribution in [-0.2, 0) is 0 Å². The van der Waals surface area contributed by atoms with Gasteiger partial charge in [0.2, 0.25) is 5.89 Å². The topological polar surface area (TPSA) is 26.0 Å². The van der Waals surface area contributed by atoms with Gasteiger partial charge in [-0.15, -0.1) is 0 Å². The molecule has 6 rings (SSSR count).